The number of H-pyrrole nitrogens is 1. The highest BCUT2D eigenvalue weighted by Crippen LogP contribution is 2.26. The average Bonchev–Trinajstić information content (AvgIpc) is 2.52. The van der Waals surface area contributed by atoms with Gasteiger partial charge in [-0.2, -0.15) is 0 Å². The van der Waals surface area contributed by atoms with Crippen molar-refractivity contribution < 1.29 is 28.9 Å². The Morgan fingerprint density at radius 1 is 1.33 bits per heavy atom. The topological polar surface area (TPSA) is 97.9 Å². The molecule has 0 saturated heterocycles. The van der Waals surface area contributed by atoms with E-state index in [4.69, 9.17) is 5.11 Å². The Morgan fingerprint density at radius 3 is 2.47 bits per heavy atom. The molecule has 0 amide bonds. The SMILES string of the molecule is CCOC(=O)Oc1c[nH]cc1OC(=O)O. The van der Waals surface area contributed by atoms with Crippen LogP contribution >= 0.6 is 0 Å². The number of hydrogen-bond acceptors (Lipinski definition) is 5. The molecule has 1 aromatic rings. The number of rotatable bonds is 3. The highest BCUT2D eigenvalue weighted by molar-refractivity contribution is 5.67. The van der Waals surface area contributed by atoms with E-state index in [1.165, 1.54) is 12.4 Å². The Morgan fingerprint density at radius 2 is 1.93 bits per heavy atom. The Labute approximate surface area is 84.6 Å². The molecule has 7 nitrogen and oxygen atoms in total. The van der Waals surface area contributed by atoms with Crippen LogP contribution in [0.5, 0.6) is 11.5 Å². The minimum Gasteiger partial charge on any atom is -0.449 e. The summed E-state index contributed by atoms with van der Waals surface area (Å²) < 4.78 is 13.5. The van der Waals surface area contributed by atoms with Crippen molar-refractivity contribution >= 4 is 12.3 Å². The fraction of sp³-hybridized carbons (Fsp3) is 0.250. The fourth-order valence-electron chi connectivity index (χ4n) is 0.826. The van der Waals surface area contributed by atoms with Crippen molar-refractivity contribution in [2.24, 2.45) is 0 Å². The molecule has 0 atom stereocenters. The summed E-state index contributed by atoms with van der Waals surface area (Å²) in [7, 11) is 0. The number of carbonyl (C=O) groups excluding carboxylic acids is 1. The molecule has 82 valence electrons. The summed E-state index contributed by atoms with van der Waals surface area (Å²) in [4.78, 5) is 23.6. The maximum absolute atomic E-state index is 10.9. The van der Waals surface area contributed by atoms with Gasteiger partial charge in [-0.3, -0.25) is 0 Å². The zero-order valence-electron chi connectivity index (χ0n) is 7.85. The van der Waals surface area contributed by atoms with Crippen molar-refractivity contribution in [1.29, 1.82) is 0 Å². The van der Waals surface area contributed by atoms with E-state index in [0.717, 1.165) is 0 Å². The van der Waals surface area contributed by atoms with Crippen molar-refractivity contribution in [3.05, 3.63) is 12.4 Å². The lowest BCUT2D eigenvalue weighted by Gasteiger charge is -2.03. The zero-order valence-corrected chi connectivity index (χ0v) is 7.85. The molecule has 0 bridgehead atoms. The van der Waals surface area contributed by atoms with Crippen LogP contribution in [-0.2, 0) is 4.74 Å². The van der Waals surface area contributed by atoms with Gasteiger partial charge in [-0.05, 0) is 6.92 Å². The predicted molar refractivity (Wildman–Crippen MR) is 47.1 cm³/mol. The summed E-state index contributed by atoms with van der Waals surface area (Å²) in [6.45, 7) is 1.78. The van der Waals surface area contributed by atoms with Gasteiger partial charge in [0, 0.05) is 12.4 Å². The van der Waals surface area contributed by atoms with E-state index in [0.29, 0.717) is 0 Å². The van der Waals surface area contributed by atoms with E-state index >= 15 is 0 Å². The molecule has 15 heavy (non-hydrogen) atoms. The first-order chi connectivity index (χ1) is 7.13. The summed E-state index contributed by atoms with van der Waals surface area (Å²) in [5, 5.41) is 8.34. The van der Waals surface area contributed by atoms with Crippen molar-refractivity contribution in [2.45, 2.75) is 6.92 Å². The second kappa shape index (κ2) is 4.89. The van der Waals surface area contributed by atoms with Crippen molar-refractivity contribution in [3.63, 3.8) is 0 Å². The lowest BCUT2D eigenvalue weighted by atomic mass is 10.5. The molecular formula is C8H9NO6. The lowest BCUT2D eigenvalue weighted by Crippen LogP contribution is -2.11. The van der Waals surface area contributed by atoms with E-state index in [1.807, 2.05) is 0 Å². The molecule has 2 N–H and O–H groups in total. The van der Waals surface area contributed by atoms with Crippen molar-refractivity contribution in [2.75, 3.05) is 6.61 Å². The maximum Gasteiger partial charge on any atom is 0.514 e. The lowest BCUT2D eigenvalue weighted by molar-refractivity contribution is 0.101. The quantitative estimate of drug-likeness (QED) is 0.743. The monoisotopic (exact) mass is 215 g/mol. The maximum atomic E-state index is 10.9. The highest BCUT2D eigenvalue weighted by Gasteiger charge is 2.14. The number of aromatic nitrogens is 1. The molecule has 0 aliphatic heterocycles. The Hall–Kier alpha value is -2.18. The molecule has 0 radical (unpaired) electrons. The first-order valence-electron chi connectivity index (χ1n) is 4.05. The van der Waals surface area contributed by atoms with Crippen LogP contribution in [0.15, 0.2) is 12.4 Å². The van der Waals surface area contributed by atoms with Crippen LogP contribution in [0, 0.1) is 0 Å². The smallest absolute Gasteiger partial charge is 0.449 e. The van der Waals surface area contributed by atoms with Gasteiger partial charge in [0.15, 0.2) is 11.5 Å². The summed E-state index contributed by atoms with van der Waals surface area (Å²) in [5.41, 5.74) is 0. The number of hydrogen-bond donors (Lipinski definition) is 2. The van der Waals surface area contributed by atoms with Gasteiger partial charge in [-0.25, -0.2) is 9.59 Å². The highest BCUT2D eigenvalue weighted by atomic mass is 16.7. The second-order valence-electron chi connectivity index (χ2n) is 2.34. The average molecular weight is 215 g/mol. The number of ether oxygens (including phenoxy) is 3. The van der Waals surface area contributed by atoms with E-state index in [1.54, 1.807) is 6.92 Å². The number of carbonyl (C=O) groups is 2. The van der Waals surface area contributed by atoms with Gasteiger partial charge in [0.25, 0.3) is 0 Å². The van der Waals surface area contributed by atoms with Crippen LogP contribution in [-0.4, -0.2) is 29.0 Å². The standard InChI is InChI=1S/C8H9NO6/c1-2-13-8(12)15-6-4-9-3-5(6)14-7(10)11/h3-4,9H,2H2,1H3,(H,10,11). The molecular weight excluding hydrogens is 206 g/mol. The summed E-state index contributed by atoms with van der Waals surface area (Å²) in [5.74, 6) is -0.147. The molecule has 1 aromatic heterocycles. The van der Waals surface area contributed by atoms with Crippen LogP contribution in [0.2, 0.25) is 0 Å². The van der Waals surface area contributed by atoms with Gasteiger partial charge >= 0.3 is 12.3 Å². The molecule has 1 heterocycles. The number of aromatic amines is 1. The van der Waals surface area contributed by atoms with E-state index in [9.17, 15) is 9.59 Å². The van der Waals surface area contributed by atoms with Gasteiger partial charge in [0.2, 0.25) is 0 Å². The molecule has 0 aliphatic carbocycles. The Balaban J connectivity index is 2.64. The largest absolute Gasteiger partial charge is 0.514 e. The fourth-order valence-corrected chi connectivity index (χ4v) is 0.826. The third-order valence-corrected chi connectivity index (χ3v) is 1.32. The molecule has 0 unspecified atom stereocenters. The van der Waals surface area contributed by atoms with Crippen molar-refractivity contribution in [1.82, 2.24) is 4.98 Å². The molecule has 7 heteroatoms. The van der Waals surface area contributed by atoms with Crippen LogP contribution in [0.3, 0.4) is 0 Å². The van der Waals surface area contributed by atoms with E-state index < -0.39 is 12.3 Å². The molecule has 0 saturated carbocycles. The number of nitrogens with one attached hydrogen (secondary N) is 1. The number of carboxylic acid groups (broad SMARTS) is 1. The molecule has 0 fully saturated rings. The summed E-state index contributed by atoms with van der Waals surface area (Å²) in [6, 6.07) is 0. The van der Waals surface area contributed by atoms with Gasteiger partial charge < -0.3 is 24.3 Å². The minimum absolute atomic E-state index is 0.0455. The third kappa shape index (κ3) is 3.22. The van der Waals surface area contributed by atoms with E-state index in [2.05, 4.69) is 19.2 Å². The van der Waals surface area contributed by atoms with Gasteiger partial charge in [0.05, 0.1) is 6.61 Å². The zero-order chi connectivity index (χ0) is 11.3. The molecule has 0 spiro atoms. The predicted octanol–water partition coefficient (Wildman–Crippen LogP) is 1.61. The summed E-state index contributed by atoms with van der Waals surface area (Å²) in [6.07, 6.45) is 0.0911. The Kier molecular flexibility index (Phi) is 3.55. The van der Waals surface area contributed by atoms with E-state index in [-0.39, 0.29) is 18.1 Å². The molecule has 0 aromatic carbocycles. The summed E-state index contributed by atoms with van der Waals surface area (Å²) >= 11 is 0. The van der Waals surface area contributed by atoms with Gasteiger partial charge in [-0.15, -0.1) is 0 Å². The van der Waals surface area contributed by atoms with Crippen LogP contribution in [0.1, 0.15) is 6.92 Å². The van der Waals surface area contributed by atoms with Crippen LogP contribution in [0.25, 0.3) is 0 Å². The van der Waals surface area contributed by atoms with Crippen LogP contribution in [0.4, 0.5) is 9.59 Å². The third-order valence-electron chi connectivity index (χ3n) is 1.32. The minimum atomic E-state index is -1.50. The molecule has 0 aliphatic rings. The van der Waals surface area contributed by atoms with Crippen molar-refractivity contribution in [3.8, 4) is 11.5 Å². The first kappa shape index (κ1) is 10.9. The van der Waals surface area contributed by atoms with Crippen LogP contribution < -0.4 is 9.47 Å². The molecule has 1 rings (SSSR count). The second-order valence-corrected chi connectivity index (χ2v) is 2.34. The van der Waals surface area contributed by atoms with Gasteiger partial charge in [-0.1, -0.05) is 0 Å². The normalized spacial score (nSPS) is 9.40. The van der Waals surface area contributed by atoms with Gasteiger partial charge in [0.1, 0.15) is 0 Å². The Bertz CT molecular complexity index is 358. The first-order valence-corrected chi connectivity index (χ1v) is 4.05.